The second kappa shape index (κ2) is 17.3. The van der Waals surface area contributed by atoms with E-state index in [1.807, 2.05) is 24.3 Å². The van der Waals surface area contributed by atoms with Crippen molar-refractivity contribution in [2.24, 2.45) is 5.73 Å². The maximum absolute atomic E-state index is 14.0. The number of nitrogens with zero attached hydrogens (tertiary/aromatic N) is 1. The van der Waals surface area contributed by atoms with Crippen molar-refractivity contribution in [3.8, 4) is 5.75 Å². The molecule has 4 atom stereocenters. The molecule has 1 aliphatic heterocycles. The fourth-order valence-electron chi connectivity index (χ4n) is 5.88. The number of hydrogen-bond donors (Lipinski definition) is 6. The van der Waals surface area contributed by atoms with E-state index in [9.17, 15) is 33.9 Å². The third-order valence-corrected chi connectivity index (χ3v) is 8.72. The average Bonchev–Trinajstić information content (AvgIpc) is 3.52. The summed E-state index contributed by atoms with van der Waals surface area (Å²) in [6.45, 7) is 0.206. The number of rotatable bonds is 15. The van der Waals surface area contributed by atoms with Crippen molar-refractivity contribution in [2.75, 3.05) is 19.5 Å². The number of fused-ring (bicyclic) bond motifs is 1. The molecule has 3 aromatic rings. The molecule has 0 bridgehead atoms. The van der Waals surface area contributed by atoms with E-state index in [1.165, 1.54) is 24.1 Å². The number of likely N-dealkylation sites (tertiary alicyclic amines) is 1. The average molecular weight is 697 g/mol. The molecule has 5 amide bonds. The van der Waals surface area contributed by atoms with Gasteiger partial charge in [0.1, 0.15) is 35.8 Å². The summed E-state index contributed by atoms with van der Waals surface area (Å²) < 4.78 is 4.69. The van der Waals surface area contributed by atoms with E-state index in [4.69, 9.17) is 17.3 Å². The number of benzene rings is 2. The third kappa shape index (κ3) is 9.95. The molecule has 262 valence electrons. The molecule has 0 aliphatic carbocycles. The zero-order chi connectivity index (χ0) is 35.5. The molecule has 1 unspecified atom stereocenters. The molecule has 2 heterocycles. The van der Waals surface area contributed by atoms with Gasteiger partial charge in [0.2, 0.25) is 29.5 Å². The van der Waals surface area contributed by atoms with E-state index in [0.29, 0.717) is 18.4 Å². The number of halogens is 1. The first kappa shape index (κ1) is 36.7. The van der Waals surface area contributed by atoms with E-state index in [0.717, 1.165) is 16.5 Å². The number of ether oxygens (including phenoxy) is 1. The van der Waals surface area contributed by atoms with Crippen LogP contribution in [0.4, 0.5) is 0 Å². The SMILES string of the molecule is COC(=O)CC[C@H](NC(=O)CCl)C(=O)N1CCCC[C@H]1C(=O)NC(Cc1c[nH]c2ccccc12)C(=O)N[C@@H](Cc1ccc(O)cc1)C(N)=O. The molecule has 15 heteroatoms. The quantitative estimate of drug-likeness (QED) is 0.100. The Morgan fingerprint density at radius 2 is 1.71 bits per heavy atom. The number of methoxy groups -OCH3 is 1. The molecule has 4 rings (SSSR count). The number of aromatic hydroxyl groups is 1. The first-order valence-electron chi connectivity index (χ1n) is 16.0. The van der Waals surface area contributed by atoms with Crippen molar-refractivity contribution >= 4 is 58.0 Å². The van der Waals surface area contributed by atoms with Gasteiger partial charge in [-0.15, -0.1) is 11.6 Å². The summed E-state index contributed by atoms with van der Waals surface area (Å²) in [6, 6.07) is 9.12. The lowest BCUT2D eigenvalue weighted by Crippen LogP contribution is -2.60. The molecular weight excluding hydrogens is 656 g/mol. The fraction of sp³-hybridized carbons (Fsp3) is 0.412. The maximum atomic E-state index is 14.0. The Morgan fingerprint density at radius 1 is 0.980 bits per heavy atom. The number of alkyl halides is 1. The summed E-state index contributed by atoms with van der Waals surface area (Å²) >= 11 is 5.67. The Bertz CT molecular complexity index is 1660. The number of aromatic amines is 1. The van der Waals surface area contributed by atoms with Crippen molar-refractivity contribution in [3.63, 3.8) is 0 Å². The van der Waals surface area contributed by atoms with Gasteiger partial charge in [-0.3, -0.25) is 28.8 Å². The number of carbonyl (C=O) groups excluding carboxylic acids is 6. The molecule has 1 saturated heterocycles. The Morgan fingerprint density at radius 3 is 2.41 bits per heavy atom. The molecule has 1 fully saturated rings. The van der Waals surface area contributed by atoms with Gasteiger partial charge in [0.05, 0.1) is 7.11 Å². The number of phenols is 1. The van der Waals surface area contributed by atoms with E-state index >= 15 is 0 Å². The van der Waals surface area contributed by atoms with Gasteiger partial charge in [-0.1, -0.05) is 30.3 Å². The first-order chi connectivity index (χ1) is 23.5. The standard InChI is InChI=1S/C34H41ClN6O8/c1-49-30(44)14-13-25(38-29(43)18-35)34(48)41-15-5-4-8-28(41)33(47)40-27(17-21-19-37-24-7-3-2-6-23(21)24)32(46)39-26(31(36)45)16-20-9-11-22(42)12-10-20/h2-3,6-7,9-12,19,25-28,37,42H,4-5,8,13-18H2,1H3,(H2,36,45)(H,38,43)(H,39,46)(H,40,47)/t25-,26-,27?,28-/m0/s1. The Labute approximate surface area is 288 Å². The van der Waals surface area contributed by atoms with Crippen LogP contribution in [0.5, 0.6) is 5.75 Å². The molecule has 7 N–H and O–H groups in total. The van der Waals surface area contributed by atoms with Gasteiger partial charge in [0.15, 0.2) is 0 Å². The van der Waals surface area contributed by atoms with Gasteiger partial charge < -0.3 is 41.4 Å². The first-order valence-corrected chi connectivity index (χ1v) is 16.5. The molecule has 0 spiro atoms. The van der Waals surface area contributed by atoms with Crippen LogP contribution >= 0.6 is 11.6 Å². The number of H-pyrrole nitrogens is 1. The smallest absolute Gasteiger partial charge is 0.305 e. The number of amides is 5. The number of carbonyl (C=O) groups is 6. The van der Waals surface area contributed by atoms with Crippen molar-refractivity contribution in [1.82, 2.24) is 25.8 Å². The second-order valence-corrected chi connectivity index (χ2v) is 12.1. The zero-order valence-electron chi connectivity index (χ0n) is 27.1. The maximum Gasteiger partial charge on any atom is 0.305 e. The lowest BCUT2D eigenvalue weighted by atomic mass is 9.97. The molecule has 0 radical (unpaired) electrons. The molecule has 14 nitrogen and oxygen atoms in total. The van der Waals surface area contributed by atoms with Gasteiger partial charge in [0.25, 0.3) is 0 Å². The second-order valence-electron chi connectivity index (χ2n) is 11.9. The Kier molecular flexibility index (Phi) is 13.0. The van der Waals surface area contributed by atoms with Crippen LogP contribution < -0.4 is 21.7 Å². The highest BCUT2D eigenvalue weighted by molar-refractivity contribution is 6.27. The van der Waals surface area contributed by atoms with Crippen LogP contribution in [0.1, 0.15) is 43.2 Å². The highest BCUT2D eigenvalue weighted by Gasteiger charge is 2.38. The number of aromatic nitrogens is 1. The van der Waals surface area contributed by atoms with Gasteiger partial charge in [-0.05, 0) is 55.0 Å². The molecule has 49 heavy (non-hydrogen) atoms. The van der Waals surface area contributed by atoms with E-state index < -0.39 is 65.6 Å². The van der Waals surface area contributed by atoms with Gasteiger partial charge >= 0.3 is 5.97 Å². The number of phenolic OH excluding ortho intramolecular Hbond substituents is 1. The van der Waals surface area contributed by atoms with Crippen LogP contribution in [0.15, 0.2) is 54.7 Å². The zero-order valence-corrected chi connectivity index (χ0v) is 27.8. The van der Waals surface area contributed by atoms with Crippen molar-refractivity contribution in [3.05, 3.63) is 65.9 Å². The topological polar surface area (TPSA) is 213 Å². The number of hydrogen-bond acceptors (Lipinski definition) is 8. The van der Waals surface area contributed by atoms with Crippen LogP contribution in [-0.2, 0) is 46.3 Å². The highest BCUT2D eigenvalue weighted by atomic mass is 35.5. The lowest BCUT2D eigenvalue weighted by Gasteiger charge is -2.37. The summed E-state index contributed by atoms with van der Waals surface area (Å²) in [7, 11) is 1.21. The van der Waals surface area contributed by atoms with Gasteiger partial charge in [-0.2, -0.15) is 0 Å². The number of primary amides is 1. The monoisotopic (exact) mass is 696 g/mol. The summed E-state index contributed by atoms with van der Waals surface area (Å²) in [4.78, 5) is 82.6. The van der Waals surface area contributed by atoms with Crippen LogP contribution in [0.2, 0.25) is 0 Å². The van der Waals surface area contributed by atoms with E-state index in [1.54, 1.807) is 18.3 Å². The summed E-state index contributed by atoms with van der Waals surface area (Å²) in [5.41, 5.74) is 7.85. The Balaban J connectivity index is 1.58. The van der Waals surface area contributed by atoms with Crippen LogP contribution in [0, 0.1) is 0 Å². The van der Waals surface area contributed by atoms with E-state index in [2.05, 4.69) is 25.7 Å². The minimum absolute atomic E-state index is 0.0383. The summed E-state index contributed by atoms with van der Waals surface area (Å²) in [6.07, 6.45) is 3.11. The predicted octanol–water partition coefficient (Wildman–Crippen LogP) is 1.17. The minimum Gasteiger partial charge on any atom is -0.508 e. The molecule has 1 aromatic heterocycles. The van der Waals surface area contributed by atoms with Crippen molar-refractivity contribution < 1.29 is 38.6 Å². The van der Waals surface area contributed by atoms with E-state index in [-0.39, 0.29) is 44.4 Å². The van der Waals surface area contributed by atoms with Crippen molar-refractivity contribution in [2.45, 2.75) is 69.1 Å². The normalized spacial score (nSPS) is 16.2. The minimum atomic E-state index is -1.18. The lowest BCUT2D eigenvalue weighted by molar-refractivity contribution is -0.146. The largest absolute Gasteiger partial charge is 0.508 e. The van der Waals surface area contributed by atoms with Crippen molar-refractivity contribution in [1.29, 1.82) is 0 Å². The summed E-state index contributed by atoms with van der Waals surface area (Å²) in [5, 5.41) is 18.5. The molecule has 1 aliphatic rings. The Hall–Kier alpha value is -5.11. The molecular formula is C34H41ClN6O8. The fourth-order valence-corrected chi connectivity index (χ4v) is 5.96. The van der Waals surface area contributed by atoms with Gasteiger partial charge in [-0.25, -0.2) is 0 Å². The van der Waals surface area contributed by atoms with Gasteiger partial charge in [0, 0.05) is 42.9 Å². The summed E-state index contributed by atoms with van der Waals surface area (Å²) in [5.74, 6) is -4.18. The van der Waals surface area contributed by atoms with Crippen LogP contribution in [-0.4, -0.2) is 94.2 Å². The van der Waals surface area contributed by atoms with Crippen LogP contribution in [0.25, 0.3) is 10.9 Å². The number of piperidine rings is 1. The molecule has 0 saturated carbocycles. The third-order valence-electron chi connectivity index (χ3n) is 8.48. The number of esters is 1. The molecule has 2 aromatic carbocycles. The number of nitrogens with one attached hydrogen (secondary N) is 4. The van der Waals surface area contributed by atoms with Crippen LogP contribution in [0.3, 0.4) is 0 Å². The predicted molar refractivity (Wildman–Crippen MR) is 180 cm³/mol. The number of nitrogens with two attached hydrogens (primary N) is 1. The highest BCUT2D eigenvalue weighted by Crippen LogP contribution is 2.22. The number of para-hydroxylation sites is 1.